The van der Waals surface area contributed by atoms with Crippen LogP contribution >= 0.6 is 0 Å². The van der Waals surface area contributed by atoms with E-state index in [0.717, 1.165) is 12.5 Å². The average molecular weight is 159 g/mol. The molecule has 0 aliphatic heterocycles. The monoisotopic (exact) mass is 159 g/mol. The lowest BCUT2D eigenvalue weighted by atomic mass is 10.1. The Morgan fingerprint density at radius 2 is 1.64 bits per heavy atom. The molecule has 0 aliphatic carbocycles. The molecule has 0 heterocycles. The zero-order chi connectivity index (χ0) is 9.11. The van der Waals surface area contributed by atoms with E-state index in [0.29, 0.717) is 0 Å². The lowest BCUT2D eigenvalue weighted by molar-refractivity contribution is 0.516. The summed E-state index contributed by atoms with van der Waals surface area (Å²) in [5.41, 5.74) is 5.41. The molecule has 0 spiro atoms. The molecule has 11 heavy (non-hydrogen) atoms. The molecule has 0 fully saturated rings. The van der Waals surface area contributed by atoms with Gasteiger partial charge in [-0.2, -0.15) is 0 Å². The molecule has 1 heteroatoms. The van der Waals surface area contributed by atoms with Gasteiger partial charge in [-0.05, 0) is 18.9 Å². The highest BCUT2D eigenvalue weighted by atomic mass is 14.5. The Kier molecular flexibility index (Phi) is 15.5. The summed E-state index contributed by atoms with van der Waals surface area (Å²) in [5, 5.41) is 0. The van der Waals surface area contributed by atoms with Gasteiger partial charge in [0.2, 0.25) is 0 Å². The predicted octanol–water partition coefficient (Wildman–Crippen LogP) is 3.19. The molecule has 70 valence electrons. The summed E-state index contributed by atoms with van der Waals surface area (Å²) in [4.78, 5) is 0. The maximum Gasteiger partial charge on any atom is -0.00515 e. The molecular formula is C10H25N. The third-order valence-electron chi connectivity index (χ3n) is 1.45. The summed E-state index contributed by atoms with van der Waals surface area (Å²) < 4.78 is 0. The van der Waals surface area contributed by atoms with Gasteiger partial charge in [0.15, 0.2) is 0 Å². The van der Waals surface area contributed by atoms with Gasteiger partial charge in [-0.1, -0.05) is 47.0 Å². The number of unbranched alkanes of at least 4 members (excludes halogenated alkanes) is 1. The fourth-order valence-electron chi connectivity index (χ4n) is 0.670. The Morgan fingerprint density at radius 1 is 1.18 bits per heavy atom. The molecule has 0 saturated heterocycles. The SMILES string of the molecule is CCC.CCCCC(C)CN. The lowest BCUT2D eigenvalue weighted by Gasteiger charge is -2.04. The maximum atomic E-state index is 5.41. The molecule has 0 aromatic carbocycles. The molecule has 1 nitrogen and oxygen atoms in total. The number of rotatable bonds is 4. The van der Waals surface area contributed by atoms with E-state index < -0.39 is 0 Å². The van der Waals surface area contributed by atoms with Crippen molar-refractivity contribution < 1.29 is 0 Å². The molecular weight excluding hydrogens is 134 g/mol. The van der Waals surface area contributed by atoms with Crippen LogP contribution in [0.25, 0.3) is 0 Å². The Bertz CT molecular complexity index is 52.8. The highest BCUT2D eigenvalue weighted by molar-refractivity contribution is 4.51. The van der Waals surface area contributed by atoms with E-state index >= 15 is 0 Å². The summed E-state index contributed by atoms with van der Waals surface area (Å²) in [6.45, 7) is 9.51. The van der Waals surface area contributed by atoms with E-state index in [4.69, 9.17) is 5.73 Å². The normalized spacial score (nSPS) is 11.7. The van der Waals surface area contributed by atoms with Gasteiger partial charge >= 0.3 is 0 Å². The quantitative estimate of drug-likeness (QED) is 0.670. The van der Waals surface area contributed by atoms with Gasteiger partial charge < -0.3 is 5.73 Å². The molecule has 0 aromatic heterocycles. The number of nitrogens with two attached hydrogens (primary N) is 1. The van der Waals surface area contributed by atoms with Crippen molar-refractivity contribution in [2.45, 2.75) is 53.4 Å². The summed E-state index contributed by atoms with van der Waals surface area (Å²) in [7, 11) is 0. The van der Waals surface area contributed by atoms with Crippen molar-refractivity contribution in [1.29, 1.82) is 0 Å². The van der Waals surface area contributed by atoms with Crippen molar-refractivity contribution in [3.05, 3.63) is 0 Å². The minimum Gasteiger partial charge on any atom is -0.330 e. The first kappa shape index (κ1) is 13.5. The third-order valence-corrected chi connectivity index (χ3v) is 1.45. The maximum absolute atomic E-state index is 5.41. The van der Waals surface area contributed by atoms with Crippen LogP contribution in [0.4, 0.5) is 0 Å². The largest absolute Gasteiger partial charge is 0.330 e. The summed E-state index contributed by atoms with van der Waals surface area (Å²) >= 11 is 0. The van der Waals surface area contributed by atoms with Crippen molar-refractivity contribution in [3.63, 3.8) is 0 Å². The summed E-state index contributed by atoms with van der Waals surface area (Å²) in [5.74, 6) is 0.731. The number of hydrogen-bond acceptors (Lipinski definition) is 1. The van der Waals surface area contributed by atoms with Gasteiger partial charge in [-0.15, -0.1) is 0 Å². The molecule has 1 atom stereocenters. The second-order valence-electron chi connectivity index (χ2n) is 3.19. The Labute approximate surface area is 72.4 Å². The summed E-state index contributed by atoms with van der Waals surface area (Å²) in [6.07, 6.45) is 5.18. The van der Waals surface area contributed by atoms with Crippen molar-refractivity contribution >= 4 is 0 Å². The van der Waals surface area contributed by atoms with Crippen molar-refractivity contribution in [2.24, 2.45) is 11.7 Å². The van der Waals surface area contributed by atoms with Crippen molar-refractivity contribution in [3.8, 4) is 0 Å². The molecule has 2 N–H and O–H groups in total. The standard InChI is InChI=1S/C7H17N.C3H8/c1-3-4-5-7(2)6-8;1-3-2/h7H,3-6,8H2,1-2H3;3H2,1-2H3. The third kappa shape index (κ3) is 17.8. The molecule has 0 aliphatic rings. The van der Waals surface area contributed by atoms with Crippen molar-refractivity contribution in [1.82, 2.24) is 0 Å². The highest BCUT2D eigenvalue weighted by Gasteiger charge is 1.94. The fourth-order valence-corrected chi connectivity index (χ4v) is 0.670. The summed E-state index contributed by atoms with van der Waals surface area (Å²) in [6, 6.07) is 0. The van der Waals surface area contributed by atoms with Gasteiger partial charge in [0.25, 0.3) is 0 Å². The first-order valence-electron chi connectivity index (χ1n) is 4.92. The van der Waals surface area contributed by atoms with Crippen LogP contribution in [0.15, 0.2) is 0 Å². The van der Waals surface area contributed by atoms with Crippen LogP contribution in [0.1, 0.15) is 53.4 Å². The minimum atomic E-state index is 0.731. The second-order valence-corrected chi connectivity index (χ2v) is 3.19. The molecule has 0 bridgehead atoms. The highest BCUT2D eigenvalue weighted by Crippen LogP contribution is 2.04. The van der Waals surface area contributed by atoms with E-state index in [-0.39, 0.29) is 0 Å². The zero-order valence-electron chi connectivity index (χ0n) is 8.69. The Balaban J connectivity index is 0. The van der Waals surface area contributed by atoms with Gasteiger partial charge in [-0.25, -0.2) is 0 Å². The smallest absolute Gasteiger partial charge is 0.00515 e. The molecule has 0 rings (SSSR count). The molecule has 0 aromatic rings. The van der Waals surface area contributed by atoms with Crippen LogP contribution in [0.5, 0.6) is 0 Å². The van der Waals surface area contributed by atoms with Gasteiger partial charge in [-0.3, -0.25) is 0 Å². The number of hydrogen-bond donors (Lipinski definition) is 1. The van der Waals surface area contributed by atoms with E-state index in [2.05, 4.69) is 27.7 Å². The van der Waals surface area contributed by atoms with Gasteiger partial charge in [0, 0.05) is 0 Å². The minimum absolute atomic E-state index is 0.731. The van der Waals surface area contributed by atoms with Crippen LogP contribution < -0.4 is 5.73 Å². The van der Waals surface area contributed by atoms with Gasteiger partial charge in [0.05, 0.1) is 0 Å². The van der Waals surface area contributed by atoms with Gasteiger partial charge in [0.1, 0.15) is 0 Å². The first-order chi connectivity index (χ1) is 5.22. The Hall–Kier alpha value is -0.0400. The van der Waals surface area contributed by atoms with Crippen molar-refractivity contribution in [2.75, 3.05) is 6.54 Å². The van der Waals surface area contributed by atoms with Crippen LogP contribution in [-0.4, -0.2) is 6.54 Å². The average Bonchev–Trinajstić information content (AvgIpc) is 2.02. The van der Waals surface area contributed by atoms with Crippen LogP contribution in [0.3, 0.4) is 0 Å². The lowest BCUT2D eigenvalue weighted by Crippen LogP contribution is -2.09. The zero-order valence-corrected chi connectivity index (χ0v) is 8.69. The van der Waals surface area contributed by atoms with E-state index in [1.54, 1.807) is 0 Å². The molecule has 0 saturated carbocycles. The van der Waals surface area contributed by atoms with Crippen LogP contribution in [-0.2, 0) is 0 Å². The topological polar surface area (TPSA) is 26.0 Å². The fraction of sp³-hybridized carbons (Fsp3) is 1.00. The molecule has 0 amide bonds. The molecule has 0 radical (unpaired) electrons. The van der Waals surface area contributed by atoms with E-state index in [1.807, 2.05) is 0 Å². The second kappa shape index (κ2) is 12.6. The van der Waals surface area contributed by atoms with Crippen LogP contribution in [0.2, 0.25) is 0 Å². The van der Waals surface area contributed by atoms with Crippen LogP contribution in [0, 0.1) is 5.92 Å². The van der Waals surface area contributed by atoms with E-state index in [9.17, 15) is 0 Å². The predicted molar refractivity (Wildman–Crippen MR) is 53.7 cm³/mol. The Morgan fingerprint density at radius 3 is 1.91 bits per heavy atom. The van der Waals surface area contributed by atoms with E-state index in [1.165, 1.54) is 25.7 Å². The molecule has 1 unspecified atom stereocenters. The first-order valence-corrected chi connectivity index (χ1v) is 4.92.